The van der Waals surface area contributed by atoms with Crippen molar-refractivity contribution in [3.8, 4) is 23.0 Å². The van der Waals surface area contributed by atoms with Crippen LogP contribution in [0.3, 0.4) is 0 Å². The molecular weight excluding hydrogens is 346 g/mol. The molecule has 1 amide bonds. The number of carbonyl (C=O) groups is 1. The van der Waals surface area contributed by atoms with E-state index in [1.54, 1.807) is 6.07 Å². The molecule has 0 saturated carbocycles. The number of amides is 1. The van der Waals surface area contributed by atoms with Crippen molar-refractivity contribution in [2.75, 3.05) is 19.8 Å². The SMILES string of the molecule is CC(C)[C@H](NC(=O)[C@@H]1COc2ccccc2O1)c1ccc2c(c1)OCCO2. The van der Waals surface area contributed by atoms with Gasteiger partial charge in [0.1, 0.15) is 19.8 Å². The molecule has 2 aliphatic rings. The normalized spacial score (nSPS) is 18.7. The maximum atomic E-state index is 12.8. The van der Waals surface area contributed by atoms with Gasteiger partial charge in [0.05, 0.1) is 6.04 Å². The highest BCUT2D eigenvalue weighted by molar-refractivity contribution is 5.82. The van der Waals surface area contributed by atoms with Crippen molar-refractivity contribution >= 4 is 5.91 Å². The second-order valence-corrected chi connectivity index (χ2v) is 7.00. The first-order chi connectivity index (χ1) is 13.1. The minimum Gasteiger partial charge on any atom is -0.486 e. The maximum absolute atomic E-state index is 12.8. The minimum absolute atomic E-state index is 0.172. The van der Waals surface area contributed by atoms with E-state index in [2.05, 4.69) is 19.2 Å². The van der Waals surface area contributed by atoms with E-state index < -0.39 is 6.10 Å². The highest BCUT2D eigenvalue weighted by Crippen LogP contribution is 2.35. The molecule has 4 rings (SSSR count). The van der Waals surface area contributed by atoms with Crippen molar-refractivity contribution in [1.29, 1.82) is 0 Å². The van der Waals surface area contributed by atoms with E-state index in [9.17, 15) is 4.79 Å². The van der Waals surface area contributed by atoms with Gasteiger partial charge in [-0.3, -0.25) is 4.79 Å². The smallest absolute Gasteiger partial charge is 0.265 e. The quantitative estimate of drug-likeness (QED) is 0.897. The number of ether oxygens (including phenoxy) is 4. The number of carbonyl (C=O) groups excluding carboxylic acids is 1. The molecule has 0 aromatic heterocycles. The second kappa shape index (κ2) is 7.39. The van der Waals surface area contributed by atoms with Crippen LogP contribution in [-0.4, -0.2) is 31.8 Å². The third kappa shape index (κ3) is 3.65. The van der Waals surface area contributed by atoms with E-state index in [1.807, 2.05) is 36.4 Å². The van der Waals surface area contributed by atoms with E-state index in [4.69, 9.17) is 18.9 Å². The average molecular weight is 369 g/mol. The summed E-state index contributed by atoms with van der Waals surface area (Å²) < 4.78 is 22.7. The van der Waals surface area contributed by atoms with Crippen LogP contribution in [0, 0.1) is 5.92 Å². The van der Waals surface area contributed by atoms with Crippen LogP contribution in [0.1, 0.15) is 25.5 Å². The molecular formula is C21H23NO5. The first kappa shape index (κ1) is 17.5. The fourth-order valence-corrected chi connectivity index (χ4v) is 3.28. The van der Waals surface area contributed by atoms with Crippen molar-refractivity contribution in [3.05, 3.63) is 48.0 Å². The van der Waals surface area contributed by atoms with Crippen molar-refractivity contribution in [1.82, 2.24) is 5.32 Å². The molecule has 2 aromatic rings. The minimum atomic E-state index is -0.682. The van der Waals surface area contributed by atoms with Crippen LogP contribution in [0.2, 0.25) is 0 Å². The second-order valence-electron chi connectivity index (χ2n) is 7.00. The first-order valence-electron chi connectivity index (χ1n) is 9.20. The Hall–Kier alpha value is -2.89. The maximum Gasteiger partial charge on any atom is 0.265 e. The molecule has 0 fully saturated rings. The molecule has 6 nitrogen and oxygen atoms in total. The number of hydrogen-bond donors (Lipinski definition) is 1. The molecule has 0 saturated heterocycles. The van der Waals surface area contributed by atoms with Gasteiger partial charge in [0, 0.05) is 0 Å². The van der Waals surface area contributed by atoms with Gasteiger partial charge in [0.25, 0.3) is 5.91 Å². The Bertz CT molecular complexity index is 835. The lowest BCUT2D eigenvalue weighted by Gasteiger charge is -2.29. The summed E-state index contributed by atoms with van der Waals surface area (Å²) in [5.74, 6) is 2.69. The number of benzene rings is 2. The lowest BCUT2D eigenvalue weighted by Crippen LogP contribution is -2.46. The zero-order chi connectivity index (χ0) is 18.8. The van der Waals surface area contributed by atoms with E-state index >= 15 is 0 Å². The molecule has 2 atom stereocenters. The molecule has 0 unspecified atom stereocenters. The van der Waals surface area contributed by atoms with Crippen LogP contribution in [0.5, 0.6) is 23.0 Å². The Morgan fingerprint density at radius 3 is 2.44 bits per heavy atom. The topological polar surface area (TPSA) is 66.0 Å². The van der Waals surface area contributed by atoms with Gasteiger partial charge in [-0.1, -0.05) is 32.0 Å². The molecule has 0 spiro atoms. The molecule has 2 aliphatic heterocycles. The Labute approximate surface area is 158 Å². The van der Waals surface area contributed by atoms with Gasteiger partial charge in [0.2, 0.25) is 6.10 Å². The van der Waals surface area contributed by atoms with Crippen molar-refractivity contribution in [2.45, 2.75) is 26.0 Å². The van der Waals surface area contributed by atoms with E-state index in [-0.39, 0.29) is 24.5 Å². The third-order valence-corrected chi connectivity index (χ3v) is 4.69. The fourth-order valence-electron chi connectivity index (χ4n) is 3.28. The lowest BCUT2D eigenvalue weighted by molar-refractivity contribution is -0.131. The van der Waals surface area contributed by atoms with E-state index in [1.165, 1.54) is 0 Å². The van der Waals surface area contributed by atoms with Gasteiger partial charge in [-0.25, -0.2) is 0 Å². The summed E-state index contributed by atoms with van der Waals surface area (Å²) in [6.45, 7) is 5.40. The summed E-state index contributed by atoms with van der Waals surface area (Å²) in [6, 6.07) is 13.0. The zero-order valence-electron chi connectivity index (χ0n) is 15.4. The van der Waals surface area contributed by atoms with Crippen LogP contribution < -0.4 is 24.3 Å². The molecule has 2 aromatic carbocycles. The largest absolute Gasteiger partial charge is 0.486 e. The Morgan fingerprint density at radius 1 is 0.963 bits per heavy atom. The van der Waals surface area contributed by atoms with Crippen LogP contribution in [0.25, 0.3) is 0 Å². The van der Waals surface area contributed by atoms with Crippen molar-refractivity contribution in [3.63, 3.8) is 0 Å². The Morgan fingerprint density at radius 2 is 1.67 bits per heavy atom. The van der Waals surface area contributed by atoms with Gasteiger partial charge in [-0.2, -0.15) is 0 Å². The highest BCUT2D eigenvalue weighted by atomic mass is 16.6. The van der Waals surface area contributed by atoms with Crippen LogP contribution in [0.4, 0.5) is 0 Å². The van der Waals surface area contributed by atoms with Gasteiger partial charge >= 0.3 is 0 Å². The van der Waals surface area contributed by atoms with Gasteiger partial charge in [-0.05, 0) is 35.7 Å². The number of rotatable bonds is 4. The monoisotopic (exact) mass is 369 g/mol. The predicted octanol–water partition coefficient (Wildman–Crippen LogP) is 3.11. The van der Waals surface area contributed by atoms with Gasteiger partial charge in [-0.15, -0.1) is 0 Å². The standard InChI is InChI=1S/C21H23NO5/c1-13(2)20(14-7-8-16-18(11-14)25-10-9-24-16)22-21(23)19-12-26-15-5-3-4-6-17(15)27-19/h3-8,11,13,19-20H,9-10,12H2,1-2H3,(H,22,23)/t19-,20-/m0/s1. The Balaban J connectivity index is 1.50. The number of fused-ring (bicyclic) bond motifs is 2. The van der Waals surface area contributed by atoms with Crippen molar-refractivity contribution in [2.24, 2.45) is 5.92 Å². The van der Waals surface area contributed by atoms with Crippen LogP contribution >= 0.6 is 0 Å². The predicted molar refractivity (Wildman–Crippen MR) is 99.5 cm³/mol. The third-order valence-electron chi connectivity index (χ3n) is 4.69. The summed E-state index contributed by atoms with van der Waals surface area (Å²) in [6.07, 6.45) is -0.682. The molecule has 2 heterocycles. The number of hydrogen-bond acceptors (Lipinski definition) is 5. The number of para-hydroxylation sites is 2. The highest BCUT2D eigenvalue weighted by Gasteiger charge is 2.30. The van der Waals surface area contributed by atoms with Gasteiger partial charge < -0.3 is 24.3 Å². The molecule has 1 N–H and O–H groups in total. The summed E-state index contributed by atoms with van der Waals surface area (Å²) in [5, 5.41) is 3.10. The van der Waals surface area contributed by atoms with Crippen LogP contribution in [-0.2, 0) is 4.79 Å². The molecule has 27 heavy (non-hydrogen) atoms. The van der Waals surface area contributed by atoms with E-state index in [0.717, 1.165) is 11.3 Å². The molecule has 0 bridgehead atoms. The first-order valence-corrected chi connectivity index (χ1v) is 9.20. The number of nitrogens with one attached hydrogen (secondary N) is 1. The molecule has 0 radical (unpaired) electrons. The molecule has 6 heteroatoms. The molecule has 142 valence electrons. The zero-order valence-corrected chi connectivity index (χ0v) is 15.4. The van der Waals surface area contributed by atoms with E-state index in [0.29, 0.717) is 30.5 Å². The Kier molecular flexibility index (Phi) is 4.79. The lowest BCUT2D eigenvalue weighted by atomic mass is 9.95. The molecule has 0 aliphatic carbocycles. The summed E-state index contributed by atoms with van der Waals surface area (Å²) in [7, 11) is 0. The van der Waals surface area contributed by atoms with Gasteiger partial charge in [0.15, 0.2) is 23.0 Å². The average Bonchev–Trinajstić information content (AvgIpc) is 2.71. The van der Waals surface area contributed by atoms with Crippen LogP contribution in [0.15, 0.2) is 42.5 Å². The summed E-state index contributed by atoms with van der Waals surface area (Å²) >= 11 is 0. The summed E-state index contributed by atoms with van der Waals surface area (Å²) in [5.41, 5.74) is 0.972. The fraction of sp³-hybridized carbons (Fsp3) is 0.381. The summed E-state index contributed by atoms with van der Waals surface area (Å²) in [4.78, 5) is 12.8. The van der Waals surface area contributed by atoms with Crippen molar-refractivity contribution < 1.29 is 23.7 Å².